The van der Waals surface area contributed by atoms with Crippen LogP contribution in [0.2, 0.25) is 0 Å². The van der Waals surface area contributed by atoms with Gasteiger partial charge in [-0.3, -0.25) is 9.69 Å². The molecular weight excluding hydrogens is 376 g/mol. The van der Waals surface area contributed by atoms with Gasteiger partial charge in [-0.15, -0.1) is 0 Å². The molecule has 6 nitrogen and oxygen atoms in total. The first-order valence-corrected chi connectivity index (χ1v) is 10.5. The average Bonchev–Trinajstić information content (AvgIpc) is 3.15. The Labute approximate surface area is 177 Å². The molecule has 1 aliphatic rings. The van der Waals surface area contributed by atoms with E-state index in [0.29, 0.717) is 24.1 Å². The Morgan fingerprint density at radius 1 is 1.10 bits per heavy atom. The second kappa shape index (κ2) is 8.30. The van der Waals surface area contributed by atoms with Crippen molar-refractivity contribution < 1.29 is 9.53 Å². The SMILES string of the molecule is COc1ccc2cc([C@H](C)Nc3nccc(N4C(=O)CC[C@@H]4C(C)C)n3)ccc2c1. The molecule has 3 aromatic rings. The Morgan fingerprint density at radius 2 is 1.87 bits per heavy atom. The largest absolute Gasteiger partial charge is 0.497 e. The molecule has 6 heteroatoms. The zero-order valence-corrected chi connectivity index (χ0v) is 17.9. The Bertz CT molecular complexity index is 1070. The minimum Gasteiger partial charge on any atom is -0.497 e. The van der Waals surface area contributed by atoms with E-state index in [1.807, 2.05) is 23.1 Å². The first-order chi connectivity index (χ1) is 14.5. The molecule has 0 saturated carbocycles. The van der Waals surface area contributed by atoms with Crippen LogP contribution in [-0.2, 0) is 4.79 Å². The predicted molar refractivity (Wildman–Crippen MR) is 120 cm³/mol. The van der Waals surface area contributed by atoms with E-state index in [2.05, 4.69) is 60.3 Å². The van der Waals surface area contributed by atoms with Crippen molar-refractivity contribution in [2.24, 2.45) is 5.92 Å². The summed E-state index contributed by atoms with van der Waals surface area (Å²) >= 11 is 0. The number of hydrogen-bond donors (Lipinski definition) is 1. The quantitative estimate of drug-likeness (QED) is 0.629. The third kappa shape index (κ3) is 3.95. The van der Waals surface area contributed by atoms with Crippen molar-refractivity contribution in [2.45, 2.75) is 45.7 Å². The molecule has 2 heterocycles. The molecule has 0 spiro atoms. The maximum Gasteiger partial charge on any atom is 0.228 e. The molecule has 4 rings (SSSR count). The first kappa shape index (κ1) is 20.1. The lowest BCUT2D eigenvalue weighted by molar-refractivity contribution is -0.117. The molecule has 1 N–H and O–H groups in total. The van der Waals surface area contributed by atoms with Gasteiger partial charge in [0.25, 0.3) is 0 Å². The number of aromatic nitrogens is 2. The summed E-state index contributed by atoms with van der Waals surface area (Å²) in [5, 5.41) is 5.67. The zero-order chi connectivity index (χ0) is 21.3. The standard InChI is InChI=1S/C24H28N4O2/c1-15(2)21-9-10-23(29)28(21)22-11-12-25-24(27-22)26-16(3)17-5-6-19-14-20(30-4)8-7-18(19)13-17/h5-8,11-16,21H,9-10H2,1-4H3,(H,25,26,27)/t16-,21+/m0/s1. The molecule has 0 bridgehead atoms. The first-order valence-electron chi connectivity index (χ1n) is 10.5. The molecule has 156 valence electrons. The van der Waals surface area contributed by atoms with Gasteiger partial charge in [0.15, 0.2) is 0 Å². The van der Waals surface area contributed by atoms with Crippen molar-refractivity contribution in [1.82, 2.24) is 9.97 Å². The van der Waals surface area contributed by atoms with Crippen molar-refractivity contribution >= 4 is 28.4 Å². The molecule has 0 radical (unpaired) electrons. The Hall–Kier alpha value is -3.15. The third-order valence-corrected chi connectivity index (χ3v) is 5.83. The minimum atomic E-state index is 0.0157. The molecule has 1 aromatic heterocycles. The van der Waals surface area contributed by atoms with E-state index in [-0.39, 0.29) is 18.0 Å². The summed E-state index contributed by atoms with van der Waals surface area (Å²) in [4.78, 5) is 23.3. The molecule has 30 heavy (non-hydrogen) atoms. The third-order valence-electron chi connectivity index (χ3n) is 5.83. The fourth-order valence-electron chi connectivity index (χ4n) is 4.10. The van der Waals surface area contributed by atoms with Crippen LogP contribution in [0.3, 0.4) is 0 Å². The zero-order valence-electron chi connectivity index (χ0n) is 17.9. The normalized spacial score (nSPS) is 17.6. The van der Waals surface area contributed by atoms with Gasteiger partial charge in [-0.1, -0.05) is 32.0 Å². The molecule has 0 aliphatic carbocycles. The van der Waals surface area contributed by atoms with E-state index in [1.165, 1.54) is 0 Å². The number of ether oxygens (including phenoxy) is 1. The van der Waals surface area contributed by atoms with E-state index in [0.717, 1.165) is 28.5 Å². The maximum atomic E-state index is 12.5. The predicted octanol–water partition coefficient (Wildman–Crippen LogP) is 4.96. The van der Waals surface area contributed by atoms with Crippen molar-refractivity contribution in [1.29, 1.82) is 0 Å². The van der Waals surface area contributed by atoms with Crippen molar-refractivity contribution in [3.05, 3.63) is 54.2 Å². The lowest BCUT2D eigenvalue weighted by Gasteiger charge is -2.27. The molecule has 2 atom stereocenters. The highest BCUT2D eigenvalue weighted by Gasteiger charge is 2.35. The smallest absolute Gasteiger partial charge is 0.228 e. The fourth-order valence-corrected chi connectivity index (χ4v) is 4.10. The fraction of sp³-hybridized carbons (Fsp3) is 0.375. The van der Waals surface area contributed by atoms with Crippen LogP contribution in [0.1, 0.15) is 45.2 Å². The van der Waals surface area contributed by atoms with Crippen LogP contribution in [0.15, 0.2) is 48.7 Å². The summed E-state index contributed by atoms with van der Waals surface area (Å²) in [7, 11) is 1.68. The molecule has 1 amide bonds. The Kier molecular flexibility index (Phi) is 5.57. The summed E-state index contributed by atoms with van der Waals surface area (Å²) in [6.07, 6.45) is 3.17. The van der Waals surface area contributed by atoms with E-state index in [4.69, 9.17) is 4.74 Å². The van der Waals surface area contributed by atoms with Gasteiger partial charge in [-0.05, 0) is 59.9 Å². The van der Waals surface area contributed by atoms with Gasteiger partial charge in [0.1, 0.15) is 11.6 Å². The topological polar surface area (TPSA) is 67.3 Å². The molecule has 1 aliphatic heterocycles. The monoisotopic (exact) mass is 404 g/mol. The van der Waals surface area contributed by atoms with E-state index in [1.54, 1.807) is 13.3 Å². The maximum absolute atomic E-state index is 12.5. The summed E-state index contributed by atoms with van der Waals surface area (Å²) in [6.45, 7) is 6.38. The van der Waals surface area contributed by atoms with Crippen LogP contribution < -0.4 is 15.0 Å². The summed E-state index contributed by atoms with van der Waals surface area (Å²) < 4.78 is 5.31. The number of rotatable bonds is 6. The highest BCUT2D eigenvalue weighted by atomic mass is 16.5. The van der Waals surface area contributed by atoms with Gasteiger partial charge in [-0.2, -0.15) is 4.98 Å². The molecule has 1 saturated heterocycles. The number of hydrogen-bond acceptors (Lipinski definition) is 5. The van der Waals surface area contributed by atoms with Gasteiger partial charge in [0.05, 0.1) is 13.2 Å². The number of methoxy groups -OCH3 is 1. The lowest BCUT2D eigenvalue weighted by Crippen LogP contribution is -2.37. The van der Waals surface area contributed by atoms with Crippen LogP contribution in [-0.4, -0.2) is 29.0 Å². The number of carbonyl (C=O) groups is 1. The molecule has 0 unspecified atom stereocenters. The Balaban J connectivity index is 1.55. The summed E-state index contributed by atoms with van der Waals surface area (Å²) in [5.41, 5.74) is 1.14. The van der Waals surface area contributed by atoms with Crippen LogP contribution in [0, 0.1) is 5.92 Å². The Morgan fingerprint density at radius 3 is 2.63 bits per heavy atom. The van der Waals surface area contributed by atoms with Crippen LogP contribution in [0.4, 0.5) is 11.8 Å². The molecule has 2 aromatic carbocycles. The minimum absolute atomic E-state index is 0.0157. The van der Waals surface area contributed by atoms with Crippen molar-refractivity contribution in [2.75, 3.05) is 17.3 Å². The number of nitrogens with zero attached hydrogens (tertiary/aromatic N) is 3. The van der Waals surface area contributed by atoms with Crippen LogP contribution in [0.25, 0.3) is 10.8 Å². The average molecular weight is 405 g/mol. The molecule has 1 fully saturated rings. The van der Waals surface area contributed by atoms with Gasteiger partial charge < -0.3 is 10.1 Å². The number of benzene rings is 2. The van der Waals surface area contributed by atoms with Crippen molar-refractivity contribution in [3.63, 3.8) is 0 Å². The van der Waals surface area contributed by atoms with Gasteiger partial charge in [0.2, 0.25) is 11.9 Å². The summed E-state index contributed by atoms with van der Waals surface area (Å²) in [6, 6.07) is 14.4. The number of fused-ring (bicyclic) bond motifs is 1. The number of amides is 1. The van der Waals surface area contributed by atoms with Crippen LogP contribution >= 0.6 is 0 Å². The molecular formula is C24H28N4O2. The number of nitrogens with one attached hydrogen (secondary N) is 1. The van der Waals surface area contributed by atoms with Gasteiger partial charge in [-0.25, -0.2) is 4.98 Å². The van der Waals surface area contributed by atoms with E-state index in [9.17, 15) is 4.79 Å². The van der Waals surface area contributed by atoms with Crippen LogP contribution in [0.5, 0.6) is 5.75 Å². The number of carbonyl (C=O) groups excluding carboxylic acids is 1. The van der Waals surface area contributed by atoms with Gasteiger partial charge in [0, 0.05) is 18.7 Å². The van der Waals surface area contributed by atoms with E-state index < -0.39 is 0 Å². The number of anilines is 2. The highest BCUT2D eigenvalue weighted by Crippen LogP contribution is 2.30. The summed E-state index contributed by atoms with van der Waals surface area (Å²) in [5.74, 6) is 2.57. The second-order valence-corrected chi connectivity index (χ2v) is 8.19. The highest BCUT2D eigenvalue weighted by molar-refractivity contribution is 5.95. The van der Waals surface area contributed by atoms with E-state index >= 15 is 0 Å². The van der Waals surface area contributed by atoms with Crippen molar-refractivity contribution in [3.8, 4) is 5.75 Å². The lowest BCUT2D eigenvalue weighted by atomic mass is 10.0. The second-order valence-electron chi connectivity index (χ2n) is 8.19. The van der Waals surface area contributed by atoms with Gasteiger partial charge >= 0.3 is 0 Å².